The van der Waals surface area contributed by atoms with Crippen molar-refractivity contribution < 1.29 is 19.8 Å². The van der Waals surface area contributed by atoms with Crippen molar-refractivity contribution in [2.75, 3.05) is 11.9 Å². The van der Waals surface area contributed by atoms with E-state index in [0.717, 1.165) is 0 Å². The Morgan fingerprint density at radius 2 is 2.12 bits per heavy atom. The Morgan fingerprint density at radius 3 is 2.59 bits per heavy atom. The van der Waals surface area contributed by atoms with E-state index in [-0.39, 0.29) is 12.1 Å². The molecule has 1 unspecified atom stereocenters. The van der Waals surface area contributed by atoms with E-state index in [2.05, 4.69) is 5.32 Å². The number of carboxylic acids is 1. The second-order valence-electron chi connectivity index (χ2n) is 3.63. The van der Waals surface area contributed by atoms with Crippen molar-refractivity contribution in [1.29, 1.82) is 0 Å². The summed E-state index contributed by atoms with van der Waals surface area (Å²) in [5.41, 5.74) is 6.44. The van der Waals surface area contributed by atoms with Gasteiger partial charge in [-0.1, -0.05) is 0 Å². The van der Waals surface area contributed by atoms with Crippen LogP contribution >= 0.6 is 0 Å². The summed E-state index contributed by atoms with van der Waals surface area (Å²) in [6, 6.07) is 4.52. The number of hydrogen-bond donors (Lipinski definition) is 4. The molecule has 0 fully saturated rings. The Bertz CT molecular complexity index is 445. The number of carbonyl (C=O) groups excluding carboxylic acids is 1. The molecule has 1 atom stereocenters. The first-order chi connectivity index (χ1) is 7.91. The van der Waals surface area contributed by atoms with Crippen LogP contribution in [0.2, 0.25) is 0 Å². The van der Waals surface area contributed by atoms with Crippen LogP contribution in [-0.2, 0) is 4.79 Å². The average molecular weight is 238 g/mol. The minimum absolute atomic E-state index is 0.0113. The molecule has 0 saturated carbocycles. The lowest BCUT2D eigenvalue weighted by molar-refractivity contribution is -0.125. The minimum Gasteiger partial charge on any atom is -0.478 e. The van der Waals surface area contributed by atoms with E-state index in [4.69, 9.17) is 10.8 Å². The van der Waals surface area contributed by atoms with Gasteiger partial charge in [-0.2, -0.15) is 0 Å². The zero-order valence-electron chi connectivity index (χ0n) is 9.30. The molecule has 1 rings (SSSR count). The molecule has 0 heterocycles. The minimum atomic E-state index is -1.27. The molecule has 6 nitrogen and oxygen atoms in total. The molecular weight excluding hydrogens is 224 g/mol. The monoisotopic (exact) mass is 238 g/mol. The SMILES string of the molecule is Cc1cc(C(=O)O)ccc1NCC(O)C(N)=O. The van der Waals surface area contributed by atoms with Crippen molar-refractivity contribution in [2.24, 2.45) is 5.73 Å². The van der Waals surface area contributed by atoms with E-state index in [1.54, 1.807) is 13.0 Å². The van der Waals surface area contributed by atoms with Gasteiger partial charge in [-0.25, -0.2) is 4.79 Å². The normalized spacial score (nSPS) is 11.9. The molecule has 17 heavy (non-hydrogen) atoms. The van der Waals surface area contributed by atoms with Gasteiger partial charge in [0.15, 0.2) is 0 Å². The molecule has 1 aromatic carbocycles. The molecule has 0 radical (unpaired) electrons. The number of carbonyl (C=O) groups is 2. The lowest BCUT2D eigenvalue weighted by atomic mass is 10.1. The summed E-state index contributed by atoms with van der Waals surface area (Å²) < 4.78 is 0. The summed E-state index contributed by atoms with van der Waals surface area (Å²) in [4.78, 5) is 21.3. The first-order valence-corrected chi connectivity index (χ1v) is 4.97. The molecule has 0 aliphatic rings. The van der Waals surface area contributed by atoms with Crippen LogP contribution in [0, 0.1) is 6.92 Å². The highest BCUT2D eigenvalue weighted by molar-refractivity contribution is 5.88. The third-order valence-corrected chi connectivity index (χ3v) is 2.29. The number of nitrogens with one attached hydrogen (secondary N) is 1. The lowest BCUT2D eigenvalue weighted by Gasteiger charge is -2.12. The molecule has 0 aliphatic heterocycles. The topological polar surface area (TPSA) is 113 Å². The van der Waals surface area contributed by atoms with E-state index in [1.807, 2.05) is 0 Å². The van der Waals surface area contributed by atoms with Crippen molar-refractivity contribution in [2.45, 2.75) is 13.0 Å². The fourth-order valence-corrected chi connectivity index (χ4v) is 1.30. The molecule has 6 heteroatoms. The van der Waals surface area contributed by atoms with Gasteiger partial charge in [-0.3, -0.25) is 4.79 Å². The molecule has 0 spiro atoms. The second-order valence-corrected chi connectivity index (χ2v) is 3.63. The second kappa shape index (κ2) is 5.31. The van der Waals surface area contributed by atoms with Crippen molar-refractivity contribution in [1.82, 2.24) is 0 Å². The number of aryl methyl sites for hydroxylation is 1. The zero-order valence-corrected chi connectivity index (χ0v) is 9.30. The standard InChI is InChI=1S/C11H14N2O4/c1-6-4-7(11(16)17)2-3-8(6)13-5-9(14)10(12)15/h2-4,9,13-14H,5H2,1H3,(H2,12,15)(H,16,17). The summed E-state index contributed by atoms with van der Waals surface area (Å²) in [5.74, 6) is -1.81. The smallest absolute Gasteiger partial charge is 0.335 e. The Kier molecular flexibility index (Phi) is 4.06. The number of nitrogens with two attached hydrogens (primary N) is 1. The summed E-state index contributed by atoms with van der Waals surface area (Å²) in [5, 5.41) is 20.8. The number of aliphatic hydroxyl groups is 1. The first-order valence-electron chi connectivity index (χ1n) is 4.97. The summed E-state index contributed by atoms with van der Waals surface area (Å²) >= 11 is 0. The van der Waals surface area contributed by atoms with Crippen LogP contribution in [0.5, 0.6) is 0 Å². The highest BCUT2D eigenvalue weighted by Crippen LogP contribution is 2.16. The average Bonchev–Trinajstić information content (AvgIpc) is 2.26. The van der Waals surface area contributed by atoms with Crippen LogP contribution < -0.4 is 11.1 Å². The third kappa shape index (κ3) is 3.46. The van der Waals surface area contributed by atoms with Crippen LogP contribution in [-0.4, -0.2) is 34.7 Å². The van der Waals surface area contributed by atoms with E-state index in [1.165, 1.54) is 12.1 Å². The summed E-state index contributed by atoms with van der Waals surface area (Å²) in [6.45, 7) is 1.72. The summed E-state index contributed by atoms with van der Waals surface area (Å²) in [6.07, 6.45) is -1.27. The molecule has 0 bridgehead atoms. The predicted molar refractivity (Wildman–Crippen MR) is 61.8 cm³/mol. The van der Waals surface area contributed by atoms with E-state index in [0.29, 0.717) is 11.3 Å². The van der Waals surface area contributed by atoms with Gasteiger partial charge in [0.1, 0.15) is 6.10 Å². The molecular formula is C11H14N2O4. The molecule has 1 aromatic rings. The number of aromatic carboxylic acids is 1. The molecule has 0 aliphatic carbocycles. The Balaban J connectivity index is 2.73. The van der Waals surface area contributed by atoms with Gasteiger partial charge >= 0.3 is 5.97 Å². The van der Waals surface area contributed by atoms with Crippen LogP contribution in [0.15, 0.2) is 18.2 Å². The molecule has 0 saturated heterocycles. The van der Waals surface area contributed by atoms with Gasteiger partial charge in [-0.15, -0.1) is 0 Å². The molecule has 5 N–H and O–H groups in total. The number of amides is 1. The number of rotatable bonds is 5. The number of hydrogen-bond acceptors (Lipinski definition) is 4. The Hall–Kier alpha value is -2.08. The van der Waals surface area contributed by atoms with Gasteiger partial charge in [0.05, 0.1) is 5.56 Å². The maximum atomic E-state index is 10.7. The largest absolute Gasteiger partial charge is 0.478 e. The highest BCUT2D eigenvalue weighted by Gasteiger charge is 2.11. The summed E-state index contributed by atoms with van der Waals surface area (Å²) in [7, 11) is 0. The lowest BCUT2D eigenvalue weighted by Crippen LogP contribution is -2.34. The van der Waals surface area contributed by atoms with Crippen molar-refractivity contribution in [3.05, 3.63) is 29.3 Å². The number of benzene rings is 1. The van der Waals surface area contributed by atoms with Crippen LogP contribution in [0.3, 0.4) is 0 Å². The predicted octanol–water partition coefficient (Wildman–Crippen LogP) is -0.0487. The Morgan fingerprint density at radius 1 is 1.47 bits per heavy atom. The molecule has 1 amide bonds. The first kappa shape index (κ1) is 13.0. The van der Waals surface area contributed by atoms with Crippen molar-refractivity contribution in [3.63, 3.8) is 0 Å². The zero-order chi connectivity index (χ0) is 13.0. The van der Waals surface area contributed by atoms with E-state index < -0.39 is 18.0 Å². The van der Waals surface area contributed by atoms with Crippen LogP contribution in [0.4, 0.5) is 5.69 Å². The maximum Gasteiger partial charge on any atom is 0.335 e. The van der Waals surface area contributed by atoms with Crippen LogP contribution in [0.25, 0.3) is 0 Å². The highest BCUT2D eigenvalue weighted by atomic mass is 16.4. The van der Waals surface area contributed by atoms with Gasteiger partial charge in [-0.05, 0) is 30.7 Å². The fraction of sp³-hybridized carbons (Fsp3) is 0.273. The fourth-order valence-electron chi connectivity index (χ4n) is 1.30. The van der Waals surface area contributed by atoms with Gasteiger partial charge in [0.2, 0.25) is 5.91 Å². The van der Waals surface area contributed by atoms with Gasteiger partial charge in [0, 0.05) is 12.2 Å². The number of carboxylic acid groups (broad SMARTS) is 1. The van der Waals surface area contributed by atoms with Gasteiger partial charge < -0.3 is 21.3 Å². The number of anilines is 1. The number of primary amides is 1. The van der Waals surface area contributed by atoms with Gasteiger partial charge in [0.25, 0.3) is 0 Å². The van der Waals surface area contributed by atoms with E-state index in [9.17, 15) is 14.7 Å². The Labute approximate surface area is 98.1 Å². The van der Waals surface area contributed by atoms with Crippen LogP contribution in [0.1, 0.15) is 15.9 Å². The van der Waals surface area contributed by atoms with E-state index >= 15 is 0 Å². The third-order valence-electron chi connectivity index (χ3n) is 2.29. The quantitative estimate of drug-likeness (QED) is 0.574. The van der Waals surface area contributed by atoms with Crippen molar-refractivity contribution in [3.8, 4) is 0 Å². The molecule has 0 aromatic heterocycles. The number of aliphatic hydroxyl groups excluding tert-OH is 1. The van der Waals surface area contributed by atoms with Crippen molar-refractivity contribution >= 4 is 17.6 Å². The molecule has 92 valence electrons. The maximum absolute atomic E-state index is 10.7.